The second-order valence-electron chi connectivity index (χ2n) is 10.7. The molecule has 2 aromatic heterocycles. The lowest BCUT2D eigenvalue weighted by atomic mass is 10.1. The molecule has 0 amide bonds. The predicted octanol–water partition coefficient (Wildman–Crippen LogP) is 7.22. The van der Waals surface area contributed by atoms with Crippen molar-refractivity contribution in [3.63, 3.8) is 0 Å². The summed E-state index contributed by atoms with van der Waals surface area (Å²) in [5.74, 6) is 0.757. The lowest BCUT2D eigenvalue weighted by Crippen LogP contribution is -2.36. The summed E-state index contributed by atoms with van der Waals surface area (Å²) in [6.45, 7) is 9.91. The molecule has 0 saturated heterocycles. The van der Waals surface area contributed by atoms with Gasteiger partial charge in [-0.05, 0) is 70.9 Å². The molecule has 2 aromatic carbocycles. The Morgan fingerprint density at radius 2 is 1.80 bits per heavy atom. The third-order valence-corrected chi connectivity index (χ3v) is 8.79. The molecule has 0 aliphatic heterocycles. The number of nitrogens with two attached hydrogens (primary N) is 1. The van der Waals surface area contributed by atoms with Crippen LogP contribution >= 0.6 is 19.3 Å². The van der Waals surface area contributed by atoms with E-state index in [4.69, 9.17) is 40.8 Å². The molecule has 0 saturated carbocycles. The molecule has 0 bridgehead atoms. The van der Waals surface area contributed by atoms with E-state index < -0.39 is 19.8 Å². The molecule has 0 aliphatic carbocycles. The van der Waals surface area contributed by atoms with Gasteiger partial charge < -0.3 is 24.3 Å². The highest BCUT2D eigenvalue weighted by atomic mass is 35.5. The van der Waals surface area contributed by atoms with E-state index >= 15 is 0 Å². The highest BCUT2D eigenvalue weighted by Crippen LogP contribution is 2.46. The first-order valence-corrected chi connectivity index (χ1v) is 16.8. The minimum absolute atomic E-state index is 0.0424. The van der Waals surface area contributed by atoms with Crippen molar-refractivity contribution in [1.29, 1.82) is 0 Å². The SMILES string of the molecule is CCC[C@H](CCOP(=O)(N[C@@H](C)C(=O)OC(C)C)Oc1ccc(Cl)cc1)n1c(COCC)nc2c(N)nc3ccccc3c21. The van der Waals surface area contributed by atoms with Gasteiger partial charge in [-0.15, -0.1) is 0 Å². The fraction of sp³-hybridized carbons (Fsp3) is 0.452. The molecule has 4 aromatic rings. The molecule has 0 fully saturated rings. The van der Waals surface area contributed by atoms with Gasteiger partial charge in [-0.25, -0.2) is 14.5 Å². The fourth-order valence-corrected chi connectivity index (χ4v) is 6.58. The lowest BCUT2D eigenvalue weighted by Gasteiger charge is -2.25. The van der Waals surface area contributed by atoms with Crippen LogP contribution in [0.2, 0.25) is 5.02 Å². The van der Waals surface area contributed by atoms with Crippen molar-refractivity contribution < 1.29 is 27.9 Å². The standard InChI is InChI=1S/C31H41ClN5O6P/c1-6-10-23(37-27(19-40-7-2)35-28-29(37)25-11-8-9-12-26(25)34-30(28)33)17-18-41-44(39,36-21(5)31(38)42-20(3)4)43-24-15-13-22(32)14-16-24/h8-9,11-16,20-21,23H,6-7,10,17-19H2,1-5H3,(H2,33,34)(H,36,39)/t21-,23+,44?/m0/s1. The number of benzene rings is 2. The zero-order valence-corrected chi connectivity index (χ0v) is 27.4. The van der Waals surface area contributed by atoms with Gasteiger partial charge >= 0.3 is 13.7 Å². The van der Waals surface area contributed by atoms with Crippen molar-refractivity contribution in [2.75, 3.05) is 18.9 Å². The van der Waals surface area contributed by atoms with Crippen molar-refractivity contribution in [3.8, 4) is 5.75 Å². The monoisotopic (exact) mass is 645 g/mol. The Hall–Kier alpha value is -3.21. The molecule has 13 heteroatoms. The number of esters is 1. The Labute approximate surface area is 263 Å². The van der Waals surface area contributed by atoms with E-state index in [-0.39, 0.29) is 31.1 Å². The molecule has 0 aliphatic rings. The lowest BCUT2D eigenvalue weighted by molar-refractivity contribution is -0.149. The second kappa shape index (κ2) is 15.2. The maximum atomic E-state index is 14.1. The molecular formula is C31H41ClN5O6P. The van der Waals surface area contributed by atoms with Crippen molar-refractivity contribution >= 4 is 53.1 Å². The number of fused-ring (bicyclic) bond motifs is 3. The summed E-state index contributed by atoms with van der Waals surface area (Å²) in [6, 6.07) is 13.1. The van der Waals surface area contributed by atoms with Crippen molar-refractivity contribution in [2.24, 2.45) is 0 Å². The number of hydrogen-bond acceptors (Lipinski definition) is 9. The number of rotatable bonds is 16. The first kappa shape index (κ1) is 33.7. The van der Waals surface area contributed by atoms with Gasteiger partial charge in [-0.2, -0.15) is 5.09 Å². The van der Waals surface area contributed by atoms with Gasteiger partial charge in [0, 0.05) is 23.1 Å². The fourth-order valence-electron chi connectivity index (χ4n) is 4.95. The number of anilines is 1. The molecule has 3 N–H and O–H groups in total. The highest BCUT2D eigenvalue weighted by molar-refractivity contribution is 7.52. The Morgan fingerprint density at radius 1 is 1.07 bits per heavy atom. The largest absolute Gasteiger partial charge is 0.462 e. The van der Waals surface area contributed by atoms with Crippen molar-refractivity contribution in [1.82, 2.24) is 19.6 Å². The Morgan fingerprint density at radius 3 is 2.48 bits per heavy atom. The summed E-state index contributed by atoms with van der Waals surface area (Å²) in [7, 11) is -4.06. The van der Waals surface area contributed by atoms with Crippen LogP contribution in [0.4, 0.5) is 5.82 Å². The first-order chi connectivity index (χ1) is 21.0. The number of nitrogens with zero attached hydrogens (tertiary/aromatic N) is 3. The van der Waals surface area contributed by atoms with E-state index in [1.807, 2.05) is 31.2 Å². The molecule has 44 heavy (non-hydrogen) atoms. The van der Waals surface area contributed by atoms with Gasteiger partial charge in [0.2, 0.25) is 0 Å². The Bertz CT molecular complexity index is 1610. The van der Waals surface area contributed by atoms with Gasteiger partial charge in [0.25, 0.3) is 0 Å². The maximum absolute atomic E-state index is 14.1. The molecule has 4 rings (SSSR count). The van der Waals surface area contributed by atoms with Crippen LogP contribution in [-0.2, 0) is 30.0 Å². The third kappa shape index (κ3) is 8.28. The molecule has 3 atom stereocenters. The number of nitrogen functional groups attached to an aromatic ring is 1. The quantitative estimate of drug-likeness (QED) is 0.0948. The van der Waals surface area contributed by atoms with E-state index in [2.05, 4.69) is 21.6 Å². The number of aromatic nitrogens is 3. The maximum Gasteiger partial charge on any atom is 0.459 e. The Balaban J connectivity index is 1.66. The van der Waals surface area contributed by atoms with Crippen LogP contribution in [0.25, 0.3) is 21.9 Å². The third-order valence-electron chi connectivity index (χ3n) is 6.86. The molecule has 2 heterocycles. The summed E-state index contributed by atoms with van der Waals surface area (Å²) in [5.41, 5.74) is 8.63. The number of ether oxygens (including phenoxy) is 2. The normalized spacial score (nSPS) is 14.5. The van der Waals surface area contributed by atoms with Gasteiger partial charge in [0.05, 0.1) is 23.7 Å². The van der Waals surface area contributed by atoms with Crippen LogP contribution in [0, 0.1) is 0 Å². The van der Waals surface area contributed by atoms with Crippen LogP contribution in [-0.4, -0.2) is 45.9 Å². The van der Waals surface area contributed by atoms with Crippen LogP contribution in [0.5, 0.6) is 5.75 Å². The average Bonchev–Trinajstić information content (AvgIpc) is 3.36. The van der Waals surface area contributed by atoms with Crippen molar-refractivity contribution in [3.05, 3.63) is 59.4 Å². The van der Waals surface area contributed by atoms with Gasteiger partial charge in [0.15, 0.2) is 5.82 Å². The average molecular weight is 646 g/mol. The van der Waals surface area contributed by atoms with Crippen LogP contribution in [0.15, 0.2) is 48.5 Å². The number of hydrogen-bond donors (Lipinski definition) is 2. The van der Waals surface area contributed by atoms with Crippen LogP contribution in [0.1, 0.15) is 65.7 Å². The number of imidazole rings is 1. The topological polar surface area (TPSA) is 140 Å². The van der Waals surface area contributed by atoms with Crippen molar-refractivity contribution in [2.45, 2.75) is 78.7 Å². The summed E-state index contributed by atoms with van der Waals surface area (Å²) in [4.78, 5) is 22.0. The zero-order valence-electron chi connectivity index (χ0n) is 25.8. The molecule has 238 valence electrons. The summed E-state index contributed by atoms with van der Waals surface area (Å²) in [5, 5.41) is 4.16. The highest BCUT2D eigenvalue weighted by Gasteiger charge is 2.33. The number of halogens is 1. The smallest absolute Gasteiger partial charge is 0.459 e. The van der Waals surface area contributed by atoms with E-state index in [1.54, 1.807) is 45.0 Å². The number of pyridine rings is 1. The van der Waals surface area contributed by atoms with Crippen LogP contribution in [0.3, 0.4) is 0 Å². The van der Waals surface area contributed by atoms with E-state index in [1.165, 1.54) is 0 Å². The molecule has 0 spiro atoms. The predicted molar refractivity (Wildman–Crippen MR) is 173 cm³/mol. The van der Waals surface area contributed by atoms with E-state index in [0.29, 0.717) is 35.2 Å². The van der Waals surface area contributed by atoms with Gasteiger partial charge in [0.1, 0.15) is 29.7 Å². The number of para-hydroxylation sites is 1. The zero-order chi connectivity index (χ0) is 31.9. The van der Waals surface area contributed by atoms with E-state index in [0.717, 1.165) is 29.3 Å². The minimum Gasteiger partial charge on any atom is -0.462 e. The number of carbonyl (C=O) groups is 1. The minimum atomic E-state index is -4.06. The van der Waals surface area contributed by atoms with Crippen LogP contribution < -0.4 is 15.3 Å². The van der Waals surface area contributed by atoms with Gasteiger partial charge in [-0.3, -0.25) is 9.32 Å². The molecule has 0 radical (unpaired) electrons. The first-order valence-electron chi connectivity index (χ1n) is 14.9. The number of nitrogens with one attached hydrogen (secondary N) is 1. The van der Waals surface area contributed by atoms with E-state index in [9.17, 15) is 9.36 Å². The molecule has 1 unspecified atom stereocenters. The molecular weight excluding hydrogens is 605 g/mol. The van der Waals surface area contributed by atoms with Gasteiger partial charge in [-0.1, -0.05) is 43.1 Å². The number of carbonyl (C=O) groups excluding carboxylic acids is 1. The summed E-state index contributed by atoms with van der Waals surface area (Å²) < 4.78 is 39.1. The molecule has 11 nitrogen and oxygen atoms in total. The summed E-state index contributed by atoms with van der Waals surface area (Å²) in [6.07, 6.45) is 1.76. The second-order valence-corrected chi connectivity index (χ2v) is 12.8. The summed E-state index contributed by atoms with van der Waals surface area (Å²) >= 11 is 6.03. The Kier molecular flexibility index (Phi) is 11.6.